The van der Waals surface area contributed by atoms with Crippen LogP contribution >= 0.6 is 27.5 Å². The molecule has 1 aromatic heterocycles. The smallest absolute Gasteiger partial charge is 0.149 e. The number of rotatable bonds is 1. The number of hydrogen-bond acceptors (Lipinski definition) is 1. The first kappa shape index (κ1) is 11.8. The third-order valence-corrected chi connectivity index (χ3v) is 3.77. The van der Waals surface area contributed by atoms with Gasteiger partial charge in [0.1, 0.15) is 11.3 Å². The zero-order chi connectivity index (χ0) is 11.9. The van der Waals surface area contributed by atoms with E-state index in [1.165, 1.54) is 6.07 Å². The van der Waals surface area contributed by atoms with Crippen molar-refractivity contribution in [2.24, 2.45) is 0 Å². The van der Waals surface area contributed by atoms with Crippen molar-refractivity contribution in [1.82, 2.24) is 4.98 Å². The minimum Gasteiger partial charge on any atom is -0.249 e. The molecule has 0 radical (unpaired) electrons. The Bertz CT molecular complexity index is 569. The molecule has 0 aliphatic heterocycles. The summed E-state index contributed by atoms with van der Waals surface area (Å²) in [5, 5.41) is 1.23. The van der Waals surface area contributed by atoms with Crippen LogP contribution in [0.15, 0.2) is 16.6 Å². The second-order valence-corrected chi connectivity index (χ2v) is 4.84. The topological polar surface area (TPSA) is 12.9 Å². The Labute approximate surface area is 107 Å². The quantitative estimate of drug-likeness (QED) is 0.746. The van der Waals surface area contributed by atoms with E-state index in [-0.39, 0.29) is 5.82 Å². The lowest BCUT2D eigenvalue weighted by molar-refractivity contribution is 0.636. The first-order chi connectivity index (χ1) is 7.56. The molecule has 0 spiro atoms. The van der Waals surface area contributed by atoms with Crippen LogP contribution in [0.2, 0.25) is 5.02 Å². The molecule has 2 aromatic rings. The highest BCUT2D eigenvalue weighted by Crippen LogP contribution is 2.34. The summed E-state index contributed by atoms with van der Waals surface area (Å²) in [6, 6.07) is 3.04. The molecule has 0 atom stereocenters. The molecule has 4 heteroatoms. The molecule has 16 heavy (non-hydrogen) atoms. The Morgan fingerprint density at radius 3 is 2.75 bits per heavy atom. The summed E-state index contributed by atoms with van der Waals surface area (Å²) in [6.45, 7) is 3.89. The average molecular weight is 303 g/mol. The maximum atomic E-state index is 13.7. The Morgan fingerprint density at radius 2 is 2.12 bits per heavy atom. The van der Waals surface area contributed by atoms with E-state index in [4.69, 9.17) is 11.6 Å². The van der Waals surface area contributed by atoms with Crippen LogP contribution in [0.1, 0.15) is 18.2 Å². The van der Waals surface area contributed by atoms with Crippen molar-refractivity contribution in [3.63, 3.8) is 0 Å². The number of hydrogen-bond donors (Lipinski definition) is 0. The maximum Gasteiger partial charge on any atom is 0.149 e. The van der Waals surface area contributed by atoms with Crippen molar-refractivity contribution in [3.8, 4) is 0 Å². The molecule has 84 valence electrons. The van der Waals surface area contributed by atoms with E-state index in [1.807, 2.05) is 13.8 Å². The minimum atomic E-state index is -0.338. The molecule has 1 heterocycles. The van der Waals surface area contributed by atoms with E-state index in [9.17, 15) is 4.39 Å². The van der Waals surface area contributed by atoms with Gasteiger partial charge in [-0.05, 0) is 31.0 Å². The predicted octanol–water partition coefficient (Wildman–Crippen LogP) is 4.66. The largest absolute Gasteiger partial charge is 0.249 e. The Balaban J connectivity index is 2.97. The molecule has 0 saturated heterocycles. The van der Waals surface area contributed by atoms with Crippen molar-refractivity contribution in [2.45, 2.75) is 20.3 Å². The van der Waals surface area contributed by atoms with Crippen LogP contribution in [0.4, 0.5) is 4.39 Å². The van der Waals surface area contributed by atoms with Gasteiger partial charge in [0.25, 0.3) is 0 Å². The van der Waals surface area contributed by atoms with Gasteiger partial charge in [-0.1, -0.05) is 34.5 Å². The van der Waals surface area contributed by atoms with Crippen LogP contribution in [0.3, 0.4) is 0 Å². The second-order valence-electron chi connectivity index (χ2n) is 3.60. The molecule has 1 aromatic carbocycles. The number of pyridine rings is 1. The third kappa shape index (κ3) is 1.72. The number of benzene rings is 1. The molecule has 1 nitrogen and oxygen atoms in total. The van der Waals surface area contributed by atoms with Gasteiger partial charge in [0.15, 0.2) is 0 Å². The normalized spacial score (nSPS) is 11.1. The fraction of sp³-hybridized carbons (Fsp3) is 0.250. The summed E-state index contributed by atoms with van der Waals surface area (Å²) in [6.07, 6.45) is 0.743. The number of aromatic nitrogens is 1. The van der Waals surface area contributed by atoms with Crippen molar-refractivity contribution in [1.29, 1.82) is 0 Å². The molecule has 0 amide bonds. The number of aryl methyl sites for hydroxylation is 1. The zero-order valence-electron chi connectivity index (χ0n) is 8.94. The molecular weight excluding hydrogens is 292 g/mol. The van der Waals surface area contributed by atoms with Gasteiger partial charge in [0, 0.05) is 15.6 Å². The lowest BCUT2D eigenvalue weighted by Crippen LogP contribution is -1.97. The van der Waals surface area contributed by atoms with Crippen LogP contribution in [-0.2, 0) is 6.42 Å². The molecule has 2 rings (SSSR count). The summed E-state index contributed by atoms with van der Waals surface area (Å²) in [5.74, 6) is -0.338. The predicted molar refractivity (Wildman–Crippen MR) is 68.5 cm³/mol. The van der Waals surface area contributed by atoms with E-state index in [1.54, 1.807) is 6.07 Å². The summed E-state index contributed by atoms with van der Waals surface area (Å²) in [4.78, 5) is 4.32. The standard InChI is InChI=1S/C12H10BrClFN/c1-3-9-6(2)11(14)10-7(13)4-5-8(15)12(10)16-9/h4-5H,3H2,1-2H3. The van der Waals surface area contributed by atoms with Gasteiger partial charge >= 0.3 is 0 Å². The van der Waals surface area contributed by atoms with Crippen LogP contribution in [0.25, 0.3) is 10.9 Å². The minimum absolute atomic E-state index is 0.335. The van der Waals surface area contributed by atoms with E-state index < -0.39 is 0 Å². The molecule has 0 fully saturated rings. The maximum absolute atomic E-state index is 13.7. The first-order valence-corrected chi connectivity index (χ1v) is 6.16. The monoisotopic (exact) mass is 301 g/mol. The summed E-state index contributed by atoms with van der Waals surface area (Å²) in [7, 11) is 0. The van der Waals surface area contributed by atoms with Gasteiger partial charge in [0.2, 0.25) is 0 Å². The molecule has 0 bridgehead atoms. The highest BCUT2D eigenvalue weighted by molar-refractivity contribution is 9.10. The first-order valence-electron chi connectivity index (χ1n) is 4.99. The zero-order valence-corrected chi connectivity index (χ0v) is 11.3. The average Bonchev–Trinajstić information content (AvgIpc) is 2.27. The molecule has 0 N–H and O–H groups in total. The van der Waals surface area contributed by atoms with E-state index >= 15 is 0 Å². The Kier molecular flexibility index (Phi) is 3.17. The highest BCUT2D eigenvalue weighted by Gasteiger charge is 2.14. The SMILES string of the molecule is CCc1nc2c(F)ccc(Br)c2c(Cl)c1C. The van der Waals surface area contributed by atoms with Crippen LogP contribution in [0.5, 0.6) is 0 Å². The highest BCUT2D eigenvalue weighted by atomic mass is 79.9. The van der Waals surface area contributed by atoms with Crippen LogP contribution < -0.4 is 0 Å². The Hall–Kier alpha value is -0.670. The van der Waals surface area contributed by atoms with Crippen molar-refractivity contribution < 1.29 is 4.39 Å². The molecule has 0 unspecified atom stereocenters. The van der Waals surface area contributed by atoms with Crippen molar-refractivity contribution in [3.05, 3.63) is 38.7 Å². The van der Waals surface area contributed by atoms with Gasteiger partial charge in [-0.3, -0.25) is 0 Å². The second kappa shape index (κ2) is 4.30. The van der Waals surface area contributed by atoms with Gasteiger partial charge in [-0.15, -0.1) is 0 Å². The number of fused-ring (bicyclic) bond motifs is 1. The van der Waals surface area contributed by atoms with Crippen LogP contribution in [0, 0.1) is 12.7 Å². The molecular formula is C12H10BrClFN. The molecule has 0 saturated carbocycles. The molecule has 0 aliphatic carbocycles. The van der Waals surface area contributed by atoms with E-state index in [2.05, 4.69) is 20.9 Å². The van der Waals surface area contributed by atoms with Crippen LogP contribution in [-0.4, -0.2) is 4.98 Å². The fourth-order valence-corrected chi connectivity index (χ4v) is 2.67. The van der Waals surface area contributed by atoms with E-state index in [0.717, 1.165) is 22.2 Å². The summed E-state index contributed by atoms with van der Waals surface area (Å²) in [5.41, 5.74) is 2.10. The van der Waals surface area contributed by atoms with Gasteiger partial charge < -0.3 is 0 Å². The van der Waals surface area contributed by atoms with Crippen molar-refractivity contribution in [2.75, 3.05) is 0 Å². The third-order valence-electron chi connectivity index (χ3n) is 2.64. The van der Waals surface area contributed by atoms with Crippen molar-refractivity contribution >= 4 is 38.4 Å². The van der Waals surface area contributed by atoms with Gasteiger partial charge in [0.05, 0.1) is 5.02 Å². The summed E-state index contributed by atoms with van der Waals surface area (Å²) < 4.78 is 14.4. The Morgan fingerprint density at radius 1 is 1.44 bits per heavy atom. The lowest BCUT2D eigenvalue weighted by atomic mass is 10.1. The number of nitrogens with zero attached hydrogens (tertiary/aromatic N) is 1. The number of halogens is 3. The molecule has 0 aliphatic rings. The van der Waals surface area contributed by atoms with Gasteiger partial charge in [-0.25, -0.2) is 9.37 Å². The lowest BCUT2D eigenvalue weighted by Gasteiger charge is -2.10. The van der Waals surface area contributed by atoms with Gasteiger partial charge in [-0.2, -0.15) is 0 Å². The van der Waals surface area contributed by atoms with E-state index in [0.29, 0.717) is 15.9 Å². The summed E-state index contributed by atoms with van der Waals surface area (Å²) >= 11 is 9.62. The fourth-order valence-electron chi connectivity index (χ4n) is 1.74.